The van der Waals surface area contributed by atoms with E-state index >= 15 is 0 Å². The normalized spacial score (nSPS) is 12.3. The van der Waals surface area contributed by atoms with Crippen LogP contribution in [0.2, 0.25) is 0 Å². The molecule has 1 atom stereocenters. The predicted molar refractivity (Wildman–Crippen MR) is 114 cm³/mol. The maximum Gasteiger partial charge on any atom is 0.360 e. The van der Waals surface area contributed by atoms with Crippen molar-refractivity contribution in [3.05, 3.63) is 76.5 Å². The molecule has 2 heterocycles. The number of fused-ring (bicyclic) bond motifs is 1. The maximum absolute atomic E-state index is 13.0. The minimum atomic E-state index is -0.788. The lowest BCUT2D eigenvalue weighted by molar-refractivity contribution is 0.0272. The lowest BCUT2D eigenvalue weighted by atomic mass is 10.1. The molecule has 31 heavy (non-hydrogen) atoms. The van der Waals surface area contributed by atoms with E-state index in [1.807, 2.05) is 44.2 Å². The van der Waals surface area contributed by atoms with Gasteiger partial charge in [-0.25, -0.2) is 9.48 Å². The SMILES string of the molecule is CC(C)Cn1nc(C(=O)O[C@H](C)c2nnc(-c3ccccc3)o2)c2ccccc2c1=O. The molecule has 0 aliphatic carbocycles. The van der Waals surface area contributed by atoms with Crippen LogP contribution in [0.1, 0.15) is 43.3 Å². The summed E-state index contributed by atoms with van der Waals surface area (Å²) in [5.74, 6) is 0.0317. The van der Waals surface area contributed by atoms with Gasteiger partial charge in [0, 0.05) is 17.5 Å². The van der Waals surface area contributed by atoms with Gasteiger partial charge in [-0.2, -0.15) is 5.10 Å². The lowest BCUT2D eigenvalue weighted by Crippen LogP contribution is -2.28. The first kappa shape index (κ1) is 20.5. The summed E-state index contributed by atoms with van der Waals surface area (Å²) in [5.41, 5.74) is 0.608. The van der Waals surface area contributed by atoms with E-state index in [-0.39, 0.29) is 23.1 Å². The van der Waals surface area contributed by atoms with Crippen LogP contribution in [0.5, 0.6) is 0 Å². The first-order valence-corrected chi connectivity index (χ1v) is 10.0. The van der Waals surface area contributed by atoms with Gasteiger partial charge in [0.05, 0.1) is 5.39 Å². The van der Waals surface area contributed by atoms with Gasteiger partial charge >= 0.3 is 5.97 Å². The Bertz CT molecular complexity index is 1280. The minimum Gasteiger partial charge on any atom is -0.448 e. The van der Waals surface area contributed by atoms with Gasteiger partial charge < -0.3 is 9.15 Å². The first-order valence-electron chi connectivity index (χ1n) is 10.0. The molecule has 0 spiro atoms. The van der Waals surface area contributed by atoms with Crippen molar-refractivity contribution >= 4 is 16.7 Å². The molecule has 4 rings (SSSR count). The summed E-state index contributed by atoms with van der Waals surface area (Å²) in [6.45, 7) is 5.99. The highest BCUT2D eigenvalue weighted by Gasteiger charge is 2.24. The van der Waals surface area contributed by atoms with Crippen LogP contribution in [-0.2, 0) is 11.3 Å². The van der Waals surface area contributed by atoms with Crippen LogP contribution in [0.25, 0.3) is 22.2 Å². The van der Waals surface area contributed by atoms with Crippen LogP contribution < -0.4 is 5.56 Å². The first-order chi connectivity index (χ1) is 14.9. The number of carbonyl (C=O) groups is 1. The molecule has 8 heteroatoms. The van der Waals surface area contributed by atoms with Crippen molar-refractivity contribution in [1.29, 1.82) is 0 Å². The van der Waals surface area contributed by atoms with Crippen molar-refractivity contribution in [3.8, 4) is 11.5 Å². The zero-order valence-corrected chi connectivity index (χ0v) is 17.5. The standard InChI is InChI=1S/C23H22N4O4/c1-14(2)13-27-22(28)18-12-8-7-11-17(18)19(26-27)23(29)30-15(3)20-24-25-21(31-20)16-9-5-4-6-10-16/h4-12,14-15H,13H2,1-3H3/t15-/m1/s1. The van der Waals surface area contributed by atoms with Crippen molar-refractivity contribution in [2.24, 2.45) is 5.92 Å². The molecular weight excluding hydrogens is 396 g/mol. The van der Waals surface area contributed by atoms with Crippen LogP contribution >= 0.6 is 0 Å². The third kappa shape index (κ3) is 4.23. The zero-order valence-electron chi connectivity index (χ0n) is 17.5. The van der Waals surface area contributed by atoms with Crippen molar-refractivity contribution in [2.45, 2.75) is 33.4 Å². The van der Waals surface area contributed by atoms with Crippen LogP contribution in [-0.4, -0.2) is 25.9 Å². The number of aromatic nitrogens is 4. The van der Waals surface area contributed by atoms with Gasteiger partial charge in [0.15, 0.2) is 11.8 Å². The molecule has 0 saturated heterocycles. The number of rotatable bonds is 6. The van der Waals surface area contributed by atoms with Gasteiger partial charge in [-0.05, 0) is 31.0 Å². The number of hydrogen-bond acceptors (Lipinski definition) is 7. The van der Waals surface area contributed by atoms with Crippen LogP contribution in [0, 0.1) is 5.92 Å². The van der Waals surface area contributed by atoms with Gasteiger partial charge in [-0.3, -0.25) is 4.79 Å². The maximum atomic E-state index is 13.0. The monoisotopic (exact) mass is 418 g/mol. The number of carbonyl (C=O) groups excluding carboxylic acids is 1. The molecule has 2 aromatic heterocycles. The summed E-state index contributed by atoms with van der Waals surface area (Å²) in [5, 5.41) is 13.2. The average molecular weight is 418 g/mol. The Morgan fingerprint density at radius 3 is 2.39 bits per heavy atom. The molecule has 0 amide bonds. The Morgan fingerprint density at radius 2 is 1.68 bits per heavy atom. The fourth-order valence-electron chi connectivity index (χ4n) is 3.22. The van der Waals surface area contributed by atoms with Crippen LogP contribution in [0.3, 0.4) is 0 Å². The second kappa shape index (κ2) is 8.51. The van der Waals surface area contributed by atoms with Gasteiger partial charge in [-0.1, -0.05) is 50.2 Å². The lowest BCUT2D eigenvalue weighted by Gasteiger charge is -2.13. The summed E-state index contributed by atoms with van der Waals surface area (Å²) >= 11 is 0. The molecule has 0 aliphatic heterocycles. The van der Waals surface area contributed by atoms with E-state index in [2.05, 4.69) is 15.3 Å². The summed E-state index contributed by atoms with van der Waals surface area (Å²) < 4.78 is 12.6. The largest absolute Gasteiger partial charge is 0.448 e. The Morgan fingerprint density at radius 1 is 1.00 bits per heavy atom. The Balaban J connectivity index is 1.63. The summed E-state index contributed by atoms with van der Waals surface area (Å²) in [6.07, 6.45) is -0.788. The average Bonchev–Trinajstić information content (AvgIpc) is 3.26. The van der Waals surface area contributed by atoms with E-state index in [9.17, 15) is 9.59 Å². The fourth-order valence-corrected chi connectivity index (χ4v) is 3.22. The van der Waals surface area contributed by atoms with Crippen LogP contribution in [0.15, 0.2) is 63.8 Å². The molecule has 4 aromatic rings. The zero-order chi connectivity index (χ0) is 22.0. The van der Waals surface area contributed by atoms with E-state index in [0.29, 0.717) is 23.2 Å². The summed E-state index contributed by atoms with van der Waals surface area (Å²) in [7, 11) is 0. The van der Waals surface area contributed by atoms with Crippen molar-refractivity contribution in [2.75, 3.05) is 0 Å². The number of nitrogens with zero attached hydrogens (tertiary/aromatic N) is 4. The molecular formula is C23H22N4O4. The molecule has 0 aliphatic rings. The smallest absolute Gasteiger partial charge is 0.360 e. The highest BCUT2D eigenvalue weighted by molar-refractivity contribution is 6.02. The van der Waals surface area contributed by atoms with E-state index in [1.165, 1.54) is 4.68 Å². The molecule has 0 saturated carbocycles. The fraction of sp³-hybridized carbons (Fsp3) is 0.261. The number of ether oxygens (including phenoxy) is 1. The molecule has 2 aromatic carbocycles. The Labute approximate surface area is 178 Å². The molecule has 0 unspecified atom stereocenters. The molecule has 158 valence electrons. The van der Waals surface area contributed by atoms with Crippen molar-refractivity contribution < 1.29 is 13.9 Å². The highest BCUT2D eigenvalue weighted by atomic mass is 16.6. The Kier molecular flexibility index (Phi) is 5.62. The van der Waals surface area contributed by atoms with E-state index in [4.69, 9.17) is 9.15 Å². The van der Waals surface area contributed by atoms with Crippen molar-refractivity contribution in [3.63, 3.8) is 0 Å². The summed E-state index contributed by atoms with van der Waals surface area (Å²) in [4.78, 5) is 25.7. The number of benzene rings is 2. The van der Waals surface area contributed by atoms with E-state index in [1.54, 1.807) is 31.2 Å². The van der Waals surface area contributed by atoms with E-state index < -0.39 is 12.1 Å². The van der Waals surface area contributed by atoms with Gasteiger partial charge in [0.1, 0.15) is 0 Å². The molecule has 0 bridgehead atoms. The second-order valence-corrected chi connectivity index (χ2v) is 7.63. The quantitative estimate of drug-likeness (QED) is 0.436. The molecule has 0 fully saturated rings. The van der Waals surface area contributed by atoms with E-state index in [0.717, 1.165) is 5.56 Å². The molecule has 0 radical (unpaired) electrons. The third-order valence-electron chi connectivity index (χ3n) is 4.69. The van der Waals surface area contributed by atoms with Gasteiger partial charge in [0.25, 0.3) is 11.4 Å². The number of esters is 1. The topological polar surface area (TPSA) is 100 Å². The highest BCUT2D eigenvalue weighted by Crippen LogP contribution is 2.24. The molecule has 0 N–H and O–H groups in total. The predicted octanol–water partition coefficient (Wildman–Crippen LogP) is 4.02. The third-order valence-corrected chi connectivity index (χ3v) is 4.69. The van der Waals surface area contributed by atoms with Crippen LogP contribution in [0.4, 0.5) is 0 Å². The van der Waals surface area contributed by atoms with Crippen molar-refractivity contribution in [1.82, 2.24) is 20.0 Å². The number of hydrogen-bond donors (Lipinski definition) is 0. The second-order valence-electron chi connectivity index (χ2n) is 7.63. The summed E-state index contributed by atoms with van der Waals surface area (Å²) in [6, 6.07) is 16.2. The Hall–Kier alpha value is -3.81. The van der Waals surface area contributed by atoms with Gasteiger partial charge in [-0.15, -0.1) is 10.2 Å². The van der Waals surface area contributed by atoms with Gasteiger partial charge in [0.2, 0.25) is 5.89 Å². The molecule has 8 nitrogen and oxygen atoms in total. The minimum absolute atomic E-state index is 0.0745.